The molecule has 1 unspecified atom stereocenters. The van der Waals surface area contributed by atoms with Crippen molar-refractivity contribution in [3.8, 4) is 11.5 Å². The number of hydrazine groups is 1. The second-order valence-electron chi connectivity index (χ2n) is 8.14. The molecule has 194 valence electrons. The van der Waals surface area contributed by atoms with Gasteiger partial charge in [-0.2, -0.15) is 0 Å². The first-order valence-electron chi connectivity index (χ1n) is 11.2. The van der Waals surface area contributed by atoms with Gasteiger partial charge in [-0.05, 0) is 19.1 Å². The number of rotatable bonds is 10. The first-order chi connectivity index (χ1) is 17.0. The van der Waals surface area contributed by atoms with Crippen LogP contribution in [0.1, 0.15) is 13.8 Å². The number of hydrogen-bond donors (Lipinski definition) is 1. The van der Waals surface area contributed by atoms with Gasteiger partial charge in [0, 0.05) is 37.8 Å². The molecular weight excluding hydrogens is 511 g/mol. The second-order valence-corrected chi connectivity index (χ2v) is 9.59. The molecule has 1 aliphatic rings. The normalized spacial score (nSPS) is 15.6. The Hall–Kier alpha value is -2.48. The van der Waals surface area contributed by atoms with Gasteiger partial charge in [0.1, 0.15) is 22.9 Å². The summed E-state index contributed by atoms with van der Waals surface area (Å²) in [6.07, 6.45) is -1.38. The summed E-state index contributed by atoms with van der Waals surface area (Å²) in [5.74, 6) is -0.594. The smallest absolute Gasteiger partial charge is 0.748 e. The van der Waals surface area contributed by atoms with Crippen molar-refractivity contribution < 1.29 is 66.6 Å². The molecule has 0 spiro atoms. The molecule has 0 radical (unpaired) electrons. The summed E-state index contributed by atoms with van der Waals surface area (Å²) in [7, 11) is 0.0923. The Bertz CT molecular complexity index is 1270. The number of amides is 1. The summed E-state index contributed by atoms with van der Waals surface area (Å²) >= 11 is 0. The van der Waals surface area contributed by atoms with E-state index in [4.69, 9.17) is 9.47 Å². The number of ether oxygens (including phenoxy) is 2. The van der Waals surface area contributed by atoms with Crippen LogP contribution >= 0.6 is 0 Å². The number of likely N-dealkylation sites (N-methyl/N-ethyl adjacent to an activating group) is 1. The van der Waals surface area contributed by atoms with Crippen molar-refractivity contribution in [3.05, 3.63) is 42.5 Å². The minimum absolute atomic E-state index is 0. The zero-order valence-electron chi connectivity index (χ0n) is 21.8. The zero-order chi connectivity index (χ0) is 26.6. The molecule has 3 rings (SSSR count). The fraction of sp³-hybridized carbons (Fsp3) is 0.375. The van der Waals surface area contributed by atoms with Crippen molar-refractivity contribution >= 4 is 44.5 Å². The number of aliphatic hydroxyl groups excluding tert-OH is 1. The Kier molecular flexibility index (Phi) is 10.7. The van der Waals surface area contributed by atoms with Crippen molar-refractivity contribution in [1.82, 2.24) is 0 Å². The largest absolute Gasteiger partial charge is 1.00 e. The van der Waals surface area contributed by atoms with Crippen molar-refractivity contribution in [2.45, 2.75) is 20.0 Å². The molecule has 1 atom stereocenters. The van der Waals surface area contributed by atoms with Crippen molar-refractivity contribution in [2.75, 3.05) is 50.0 Å². The van der Waals surface area contributed by atoms with Crippen LogP contribution < -0.4 is 48.9 Å². The van der Waals surface area contributed by atoms with E-state index in [0.29, 0.717) is 40.8 Å². The molecule has 2 aromatic carbocycles. The number of hydrogen-bond acceptors (Lipinski definition) is 9. The fourth-order valence-corrected chi connectivity index (χ4v) is 4.50. The quantitative estimate of drug-likeness (QED) is 0.220. The topological polar surface area (TPSA) is 135 Å². The van der Waals surface area contributed by atoms with Gasteiger partial charge in [-0.15, -0.1) is 4.68 Å². The molecule has 0 saturated carbocycles. The summed E-state index contributed by atoms with van der Waals surface area (Å²) in [6.45, 7) is 3.91. The Balaban J connectivity index is 0.00000481. The van der Waals surface area contributed by atoms with Crippen LogP contribution in [0.2, 0.25) is 0 Å². The van der Waals surface area contributed by atoms with E-state index in [9.17, 15) is 22.9 Å². The summed E-state index contributed by atoms with van der Waals surface area (Å²) in [5.41, 5.74) is 2.40. The van der Waals surface area contributed by atoms with Gasteiger partial charge in [-0.25, -0.2) is 13.4 Å². The number of anilines is 2. The standard InChI is InChI=1S/C24H30N4O7S.Na/c1-6-27(14-19(29)15-36(31,32)33)18-12-20(34-4)23(21(13-18)35-5)25-22-16(2)26(3)28(24(22)30)17-10-8-7-9-11-17;/h7-13,19,29H,6,14-15H2,1-5H3;/q;+1. The Labute approximate surface area is 239 Å². The monoisotopic (exact) mass is 541 g/mol. The minimum Gasteiger partial charge on any atom is -0.748 e. The minimum atomic E-state index is -4.58. The molecule has 11 nitrogen and oxygen atoms in total. The van der Waals surface area contributed by atoms with Gasteiger partial charge in [0.05, 0.1) is 36.2 Å². The number of carbonyl (C=O) groups excluding carboxylic acids is 1. The molecule has 0 bridgehead atoms. The molecule has 0 aliphatic carbocycles. The van der Waals surface area contributed by atoms with Crippen LogP contribution in [0.25, 0.3) is 0 Å². The SMILES string of the molecule is CCN(CC(O)CS(=O)(=O)[O-])c1cc(OC)c(N=C2C(=O)N(c3ccccc3)[N+](C)=C2C)c(OC)c1.[Na+]. The second kappa shape index (κ2) is 12.9. The predicted octanol–water partition coefficient (Wildman–Crippen LogP) is -1.42. The Morgan fingerprint density at radius 3 is 2.22 bits per heavy atom. The molecule has 1 heterocycles. The van der Waals surface area contributed by atoms with Crippen LogP contribution in [0.3, 0.4) is 0 Å². The molecule has 0 saturated heterocycles. The third-order valence-electron chi connectivity index (χ3n) is 5.79. The van der Waals surface area contributed by atoms with Gasteiger partial charge in [0.2, 0.25) is 11.4 Å². The van der Waals surface area contributed by atoms with Gasteiger partial charge in [0.15, 0.2) is 7.05 Å². The number of hydrazone groups is 1. The van der Waals surface area contributed by atoms with E-state index in [2.05, 4.69) is 4.99 Å². The molecule has 13 heteroatoms. The first-order valence-corrected chi connectivity index (χ1v) is 12.8. The van der Waals surface area contributed by atoms with Crippen molar-refractivity contribution in [3.63, 3.8) is 0 Å². The molecule has 1 amide bonds. The van der Waals surface area contributed by atoms with Crippen molar-refractivity contribution in [2.24, 2.45) is 4.99 Å². The number of benzene rings is 2. The maximum absolute atomic E-state index is 13.3. The van der Waals surface area contributed by atoms with Crippen LogP contribution in [0.5, 0.6) is 11.5 Å². The van der Waals surface area contributed by atoms with E-state index in [0.717, 1.165) is 0 Å². The van der Waals surface area contributed by atoms with E-state index in [1.54, 1.807) is 35.7 Å². The third kappa shape index (κ3) is 7.09. The van der Waals surface area contributed by atoms with Crippen LogP contribution in [0.4, 0.5) is 17.1 Å². The molecule has 37 heavy (non-hydrogen) atoms. The van der Waals surface area contributed by atoms with Crippen LogP contribution in [-0.2, 0) is 14.9 Å². The molecule has 0 fully saturated rings. The van der Waals surface area contributed by atoms with Gasteiger partial charge in [0.25, 0.3) is 0 Å². The average Bonchev–Trinajstić information content (AvgIpc) is 3.04. The van der Waals surface area contributed by atoms with Gasteiger partial charge in [-0.3, -0.25) is 4.79 Å². The van der Waals surface area contributed by atoms with Gasteiger partial charge >= 0.3 is 35.5 Å². The van der Waals surface area contributed by atoms with Crippen LogP contribution in [0, 0.1) is 0 Å². The maximum Gasteiger partial charge on any atom is 1.00 e. The molecule has 1 N–H and O–H groups in total. The van der Waals surface area contributed by atoms with E-state index >= 15 is 0 Å². The summed E-state index contributed by atoms with van der Waals surface area (Å²) in [5, 5.41) is 11.6. The average molecular weight is 542 g/mol. The summed E-state index contributed by atoms with van der Waals surface area (Å²) in [6, 6.07) is 12.5. The number of para-hydroxylation sites is 1. The number of aliphatic imine (C=N–C) groups is 1. The molecule has 0 aromatic heterocycles. The maximum atomic E-state index is 13.3. The number of nitrogens with zero attached hydrogens (tertiary/aromatic N) is 4. The Morgan fingerprint density at radius 1 is 1.16 bits per heavy atom. The summed E-state index contributed by atoms with van der Waals surface area (Å²) in [4.78, 5) is 19.6. The zero-order valence-corrected chi connectivity index (χ0v) is 24.7. The predicted molar refractivity (Wildman–Crippen MR) is 136 cm³/mol. The first kappa shape index (κ1) is 30.7. The van der Waals surface area contributed by atoms with E-state index < -0.39 is 22.0 Å². The number of methoxy groups -OCH3 is 2. The van der Waals surface area contributed by atoms with Crippen molar-refractivity contribution in [1.29, 1.82) is 0 Å². The van der Waals surface area contributed by atoms with Gasteiger partial charge in [-0.1, -0.05) is 23.2 Å². The molecule has 1 aliphatic heterocycles. The third-order valence-corrected chi connectivity index (χ3v) is 6.58. The van der Waals surface area contributed by atoms with Crippen LogP contribution in [0.15, 0.2) is 47.5 Å². The van der Waals surface area contributed by atoms with Gasteiger partial charge < -0.3 is 24.0 Å². The molecule has 2 aromatic rings. The Morgan fingerprint density at radius 2 is 1.73 bits per heavy atom. The fourth-order valence-electron chi connectivity index (χ4n) is 3.93. The van der Waals surface area contributed by atoms with Crippen LogP contribution in [-0.4, -0.2) is 86.3 Å². The number of carbonyl (C=O) groups is 1. The van der Waals surface area contributed by atoms with E-state index in [1.807, 2.05) is 37.3 Å². The van der Waals surface area contributed by atoms with E-state index in [-0.39, 0.29) is 47.7 Å². The summed E-state index contributed by atoms with van der Waals surface area (Å²) < 4.78 is 45.9. The molecular formula is C24H30N4NaO7S+. The van der Waals surface area contributed by atoms with E-state index in [1.165, 1.54) is 19.2 Å². The number of aliphatic hydroxyl groups is 1.